The van der Waals surface area contributed by atoms with Crippen molar-refractivity contribution in [2.24, 2.45) is 0 Å². The molecule has 2 rings (SSSR count). The molecule has 1 N–H and O–H groups in total. The van der Waals surface area contributed by atoms with Crippen molar-refractivity contribution in [3.8, 4) is 0 Å². The van der Waals surface area contributed by atoms with Crippen LogP contribution in [0.2, 0.25) is 0 Å². The average molecular weight is 509 g/mol. The summed E-state index contributed by atoms with van der Waals surface area (Å²) in [4.78, 5) is 27.7. The Kier molecular flexibility index (Phi) is 11.2. The van der Waals surface area contributed by atoms with Gasteiger partial charge >= 0.3 is 12.2 Å². The third kappa shape index (κ3) is 12.0. The van der Waals surface area contributed by atoms with Crippen molar-refractivity contribution in [2.75, 3.05) is 0 Å². The van der Waals surface area contributed by atoms with Crippen LogP contribution < -0.4 is 5.32 Å². The van der Waals surface area contributed by atoms with E-state index in [1.165, 1.54) is 0 Å². The molecule has 2 aromatic rings. The van der Waals surface area contributed by atoms with Gasteiger partial charge < -0.3 is 14.8 Å². The summed E-state index contributed by atoms with van der Waals surface area (Å²) in [5, 5.41) is 2.99. The quantitative estimate of drug-likeness (QED) is 0.342. The van der Waals surface area contributed by atoms with Crippen molar-refractivity contribution in [1.82, 2.24) is 10.2 Å². The number of carbonyl (C=O) groups is 2. The van der Waals surface area contributed by atoms with E-state index < -0.39 is 17.3 Å². The molecule has 0 heterocycles. The summed E-state index contributed by atoms with van der Waals surface area (Å²) in [7, 11) is 0. The van der Waals surface area contributed by atoms with E-state index in [1.807, 2.05) is 114 Å². The number of nitrogens with one attached hydrogen (secondary N) is 1. The van der Waals surface area contributed by atoms with Crippen molar-refractivity contribution in [3.05, 3.63) is 83.9 Å². The summed E-state index contributed by atoms with van der Waals surface area (Å²) >= 11 is 0. The molecule has 0 spiro atoms. The van der Waals surface area contributed by atoms with Gasteiger partial charge in [0, 0.05) is 6.54 Å². The number of hydrogen-bond acceptors (Lipinski definition) is 4. The maximum atomic E-state index is 13.3. The molecule has 0 saturated heterocycles. The highest BCUT2D eigenvalue weighted by molar-refractivity contribution is 5.69. The molecule has 202 valence electrons. The zero-order valence-electron chi connectivity index (χ0n) is 23.5. The number of benzene rings is 2. The van der Waals surface area contributed by atoms with Crippen molar-refractivity contribution in [1.29, 1.82) is 0 Å². The standard InChI is InChI=1S/C31H44N2O4/c1-8-15-27(33(29(35)37-31(5,6)7)23-25-18-13-10-14-19-25)21-20-26(22-24-16-11-9-12-17-24)32-28(34)36-30(2,3)4/h9-14,16-21,26-27H,8,15,22-23H2,1-7H3,(H,32,34)/b21-20+/t26-,27+/m1/s1. The van der Waals surface area contributed by atoms with Crippen LogP contribution in [-0.2, 0) is 22.4 Å². The third-order valence-corrected chi connectivity index (χ3v) is 5.37. The van der Waals surface area contributed by atoms with Gasteiger partial charge in [0.2, 0.25) is 0 Å². The first-order valence-corrected chi connectivity index (χ1v) is 13.1. The molecule has 0 aliphatic heterocycles. The molecule has 0 aliphatic carbocycles. The Hall–Kier alpha value is -3.28. The summed E-state index contributed by atoms with van der Waals surface area (Å²) < 4.78 is 11.3. The zero-order valence-corrected chi connectivity index (χ0v) is 23.5. The molecule has 0 aliphatic rings. The minimum absolute atomic E-state index is 0.209. The van der Waals surface area contributed by atoms with Crippen LogP contribution >= 0.6 is 0 Å². The van der Waals surface area contributed by atoms with E-state index in [2.05, 4.69) is 12.2 Å². The van der Waals surface area contributed by atoms with Crippen molar-refractivity contribution in [2.45, 2.75) is 97.6 Å². The molecule has 37 heavy (non-hydrogen) atoms. The first-order chi connectivity index (χ1) is 17.4. The van der Waals surface area contributed by atoms with E-state index in [9.17, 15) is 9.59 Å². The maximum Gasteiger partial charge on any atom is 0.411 e. The number of ether oxygens (including phenoxy) is 2. The second kappa shape index (κ2) is 13.9. The lowest BCUT2D eigenvalue weighted by atomic mass is 10.0. The van der Waals surface area contributed by atoms with Gasteiger partial charge in [-0.1, -0.05) is 86.2 Å². The summed E-state index contributed by atoms with van der Waals surface area (Å²) in [5.41, 5.74) is 0.906. The minimum atomic E-state index is -0.611. The first-order valence-electron chi connectivity index (χ1n) is 13.1. The summed E-state index contributed by atoms with van der Waals surface area (Å²) in [6.45, 7) is 13.7. The normalized spacial score (nSPS) is 13.6. The molecule has 2 atom stereocenters. The van der Waals surface area contributed by atoms with Gasteiger partial charge in [-0.3, -0.25) is 4.90 Å². The molecule has 0 aromatic heterocycles. The Balaban J connectivity index is 2.34. The third-order valence-electron chi connectivity index (χ3n) is 5.37. The molecule has 0 saturated carbocycles. The Bertz CT molecular complexity index is 991. The van der Waals surface area contributed by atoms with Crippen LogP contribution in [-0.4, -0.2) is 40.4 Å². The van der Waals surface area contributed by atoms with Crippen LogP contribution in [0.15, 0.2) is 72.8 Å². The number of hydrogen-bond donors (Lipinski definition) is 1. The van der Waals surface area contributed by atoms with Gasteiger partial charge in [0.1, 0.15) is 11.2 Å². The van der Waals surface area contributed by atoms with Crippen LogP contribution in [0.5, 0.6) is 0 Å². The predicted molar refractivity (Wildman–Crippen MR) is 149 cm³/mol. The second-order valence-corrected chi connectivity index (χ2v) is 11.3. The molecule has 0 fully saturated rings. The van der Waals surface area contributed by atoms with Crippen LogP contribution in [0.3, 0.4) is 0 Å². The summed E-state index contributed by atoms with van der Waals surface area (Å²) in [6, 6.07) is 19.4. The van der Waals surface area contributed by atoms with Gasteiger partial charge in [0.15, 0.2) is 0 Å². The Labute approximate surface area is 223 Å². The van der Waals surface area contributed by atoms with E-state index in [1.54, 1.807) is 4.90 Å². The number of carbonyl (C=O) groups excluding carboxylic acids is 2. The second-order valence-electron chi connectivity index (χ2n) is 11.3. The number of alkyl carbamates (subject to hydrolysis) is 1. The monoisotopic (exact) mass is 508 g/mol. The number of rotatable bonds is 10. The Morgan fingerprint density at radius 1 is 0.838 bits per heavy atom. The molecule has 2 aromatic carbocycles. The topological polar surface area (TPSA) is 67.9 Å². The number of amides is 2. The fourth-order valence-corrected chi connectivity index (χ4v) is 3.83. The van der Waals surface area contributed by atoms with Gasteiger partial charge in [-0.25, -0.2) is 9.59 Å². The molecule has 0 radical (unpaired) electrons. The average Bonchev–Trinajstić information content (AvgIpc) is 2.79. The molecule has 0 bridgehead atoms. The summed E-state index contributed by atoms with van der Waals surface area (Å²) in [5.74, 6) is 0. The van der Waals surface area contributed by atoms with Crippen molar-refractivity contribution in [3.63, 3.8) is 0 Å². The Morgan fingerprint density at radius 3 is 1.89 bits per heavy atom. The van der Waals surface area contributed by atoms with Crippen molar-refractivity contribution < 1.29 is 19.1 Å². The van der Waals surface area contributed by atoms with E-state index >= 15 is 0 Å². The van der Waals surface area contributed by atoms with Gasteiger partial charge in [-0.05, 0) is 65.5 Å². The van der Waals surface area contributed by atoms with Crippen LogP contribution in [0, 0.1) is 0 Å². The lowest BCUT2D eigenvalue weighted by molar-refractivity contribution is 0.0171. The first kappa shape index (κ1) is 29.9. The lowest BCUT2D eigenvalue weighted by Gasteiger charge is -2.32. The van der Waals surface area contributed by atoms with Gasteiger partial charge in [-0.15, -0.1) is 0 Å². The molecular weight excluding hydrogens is 464 g/mol. The molecule has 6 nitrogen and oxygen atoms in total. The van der Waals surface area contributed by atoms with E-state index in [0.717, 1.165) is 24.0 Å². The van der Waals surface area contributed by atoms with E-state index in [0.29, 0.717) is 13.0 Å². The molecule has 2 amide bonds. The number of nitrogens with zero attached hydrogens (tertiary/aromatic N) is 1. The fourth-order valence-electron chi connectivity index (χ4n) is 3.83. The fraction of sp³-hybridized carbons (Fsp3) is 0.484. The lowest BCUT2D eigenvalue weighted by Crippen LogP contribution is -2.43. The van der Waals surface area contributed by atoms with Crippen LogP contribution in [0.4, 0.5) is 9.59 Å². The van der Waals surface area contributed by atoms with Crippen LogP contribution in [0.25, 0.3) is 0 Å². The van der Waals surface area contributed by atoms with Crippen molar-refractivity contribution >= 4 is 12.2 Å². The highest BCUT2D eigenvalue weighted by Gasteiger charge is 2.27. The SMILES string of the molecule is CCC[C@@H](/C=C/[C@H](Cc1ccccc1)NC(=O)OC(C)(C)C)N(Cc1ccccc1)C(=O)OC(C)(C)C. The highest BCUT2D eigenvalue weighted by atomic mass is 16.6. The van der Waals surface area contributed by atoms with Crippen LogP contribution in [0.1, 0.15) is 72.4 Å². The smallest absolute Gasteiger partial charge is 0.411 e. The maximum absolute atomic E-state index is 13.3. The molecule has 6 heteroatoms. The highest BCUT2D eigenvalue weighted by Crippen LogP contribution is 2.19. The van der Waals surface area contributed by atoms with E-state index in [-0.39, 0.29) is 18.2 Å². The molecular formula is C31H44N2O4. The van der Waals surface area contributed by atoms with E-state index in [4.69, 9.17) is 9.47 Å². The molecule has 0 unspecified atom stereocenters. The van der Waals surface area contributed by atoms with Gasteiger partial charge in [-0.2, -0.15) is 0 Å². The summed E-state index contributed by atoms with van der Waals surface area (Å²) in [6.07, 6.45) is 5.39. The minimum Gasteiger partial charge on any atom is -0.444 e. The van der Waals surface area contributed by atoms with Gasteiger partial charge in [0.05, 0.1) is 12.1 Å². The zero-order chi connectivity index (χ0) is 27.5. The Morgan fingerprint density at radius 2 is 1.38 bits per heavy atom. The largest absolute Gasteiger partial charge is 0.444 e. The van der Waals surface area contributed by atoms with Gasteiger partial charge in [0.25, 0.3) is 0 Å². The predicted octanol–water partition coefficient (Wildman–Crippen LogP) is 7.28.